The minimum atomic E-state index is -0.671. The lowest BCUT2D eigenvalue weighted by molar-refractivity contribution is -0.125. The minimum absolute atomic E-state index is 0. The Bertz CT molecular complexity index is 541. The van der Waals surface area contributed by atoms with Crippen LogP contribution in [-0.4, -0.2) is 31.0 Å². The lowest BCUT2D eigenvalue weighted by Gasteiger charge is -2.15. The number of carbonyl (C=O) groups excluding carboxylic acids is 2. The highest BCUT2D eigenvalue weighted by Crippen LogP contribution is 2.20. The zero-order valence-corrected chi connectivity index (χ0v) is 14.2. The van der Waals surface area contributed by atoms with Crippen molar-refractivity contribution in [1.82, 2.24) is 5.32 Å². The second-order valence-electron chi connectivity index (χ2n) is 5.11. The summed E-state index contributed by atoms with van der Waals surface area (Å²) in [6, 6.07) is 3.44. The van der Waals surface area contributed by atoms with E-state index in [9.17, 15) is 14.0 Å². The van der Waals surface area contributed by atoms with Crippen LogP contribution in [0.25, 0.3) is 0 Å². The predicted octanol–water partition coefficient (Wildman–Crippen LogP) is 1.68. The Balaban J connectivity index is 0.00000484. The number of ether oxygens (including phenoxy) is 1. The van der Waals surface area contributed by atoms with Gasteiger partial charge in [0.15, 0.2) is 11.6 Å². The molecular weight excluding hydrogens is 325 g/mol. The SMILES string of the molecule is CCOc1ccc(NC(=O)CNC(=O)[C@@H](N)C(C)C)cc1F.Cl. The Morgan fingerprint density at radius 3 is 2.52 bits per heavy atom. The first-order valence-electron chi connectivity index (χ1n) is 7.10. The van der Waals surface area contributed by atoms with Crippen LogP contribution in [-0.2, 0) is 9.59 Å². The molecule has 1 atom stereocenters. The highest BCUT2D eigenvalue weighted by Gasteiger charge is 2.17. The fourth-order valence-corrected chi connectivity index (χ4v) is 1.64. The van der Waals surface area contributed by atoms with E-state index in [-0.39, 0.29) is 36.3 Å². The molecule has 0 fully saturated rings. The standard InChI is InChI=1S/C15H22FN3O3.ClH/c1-4-22-12-6-5-10(7-11(12)16)19-13(20)8-18-15(21)14(17)9(2)3;/h5-7,9,14H,4,8,17H2,1-3H3,(H,18,21)(H,19,20);1H/t14-;/m0./s1. The summed E-state index contributed by atoms with van der Waals surface area (Å²) in [6.45, 7) is 5.50. The fraction of sp³-hybridized carbons (Fsp3) is 0.467. The van der Waals surface area contributed by atoms with Gasteiger partial charge in [-0.25, -0.2) is 4.39 Å². The number of anilines is 1. The molecule has 6 nitrogen and oxygen atoms in total. The zero-order chi connectivity index (χ0) is 16.7. The summed E-state index contributed by atoms with van der Waals surface area (Å²) in [5.41, 5.74) is 5.94. The highest BCUT2D eigenvalue weighted by molar-refractivity contribution is 5.95. The normalized spacial score (nSPS) is 11.4. The van der Waals surface area contributed by atoms with Crippen molar-refractivity contribution in [2.75, 3.05) is 18.5 Å². The van der Waals surface area contributed by atoms with Crippen LogP contribution >= 0.6 is 12.4 Å². The van der Waals surface area contributed by atoms with Crippen LogP contribution in [0.3, 0.4) is 0 Å². The van der Waals surface area contributed by atoms with E-state index in [0.29, 0.717) is 6.61 Å². The topological polar surface area (TPSA) is 93.5 Å². The molecule has 0 aliphatic heterocycles. The third-order valence-electron chi connectivity index (χ3n) is 2.96. The molecule has 1 aromatic rings. The van der Waals surface area contributed by atoms with Gasteiger partial charge in [0.05, 0.1) is 19.2 Å². The number of rotatable bonds is 7. The summed E-state index contributed by atoms with van der Waals surface area (Å²) in [5, 5.41) is 4.92. The highest BCUT2D eigenvalue weighted by atomic mass is 35.5. The van der Waals surface area contributed by atoms with E-state index in [1.54, 1.807) is 6.92 Å². The van der Waals surface area contributed by atoms with Crippen molar-refractivity contribution in [3.8, 4) is 5.75 Å². The largest absolute Gasteiger partial charge is 0.491 e. The zero-order valence-electron chi connectivity index (χ0n) is 13.4. The number of carbonyl (C=O) groups is 2. The van der Waals surface area contributed by atoms with Crippen molar-refractivity contribution in [2.24, 2.45) is 11.7 Å². The van der Waals surface area contributed by atoms with E-state index in [0.717, 1.165) is 6.07 Å². The maximum atomic E-state index is 13.6. The van der Waals surface area contributed by atoms with Crippen LogP contribution in [0, 0.1) is 11.7 Å². The van der Waals surface area contributed by atoms with E-state index >= 15 is 0 Å². The maximum absolute atomic E-state index is 13.6. The Kier molecular flexibility index (Phi) is 9.21. The van der Waals surface area contributed by atoms with Crippen molar-refractivity contribution in [2.45, 2.75) is 26.8 Å². The number of nitrogens with one attached hydrogen (secondary N) is 2. The van der Waals surface area contributed by atoms with Gasteiger partial charge in [0.1, 0.15) is 0 Å². The van der Waals surface area contributed by atoms with E-state index in [4.69, 9.17) is 10.5 Å². The Hall–Kier alpha value is -1.86. The molecule has 0 saturated carbocycles. The lowest BCUT2D eigenvalue weighted by atomic mass is 10.1. The van der Waals surface area contributed by atoms with Gasteiger partial charge in [-0.3, -0.25) is 9.59 Å². The monoisotopic (exact) mass is 347 g/mol. The number of nitrogens with two attached hydrogens (primary N) is 1. The Morgan fingerprint density at radius 1 is 1.35 bits per heavy atom. The molecule has 0 spiro atoms. The number of amides is 2. The first-order valence-corrected chi connectivity index (χ1v) is 7.10. The lowest BCUT2D eigenvalue weighted by Crippen LogP contribution is -2.46. The second-order valence-corrected chi connectivity index (χ2v) is 5.11. The van der Waals surface area contributed by atoms with Gasteiger partial charge in [-0.05, 0) is 25.0 Å². The number of hydrogen-bond acceptors (Lipinski definition) is 4. The third-order valence-corrected chi connectivity index (χ3v) is 2.96. The Labute approximate surface area is 141 Å². The van der Waals surface area contributed by atoms with Crippen LogP contribution in [0.5, 0.6) is 5.75 Å². The van der Waals surface area contributed by atoms with Gasteiger partial charge in [-0.2, -0.15) is 0 Å². The van der Waals surface area contributed by atoms with Crippen molar-refractivity contribution < 1.29 is 18.7 Å². The Morgan fingerprint density at radius 2 is 2.00 bits per heavy atom. The molecule has 4 N–H and O–H groups in total. The molecule has 0 radical (unpaired) electrons. The van der Waals surface area contributed by atoms with Gasteiger partial charge < -0.3 is 21.1 Å². The average Bonchev–Trinajstić information content (AvgIpc) is 2.46. The molecule has 0 aliphatic carbocycles. The molecule has 130 valence electrons. The van der Waals surface area contributed by atoms with Gasteiger partial charge in [0.25, 0.3) is 0 Å². The maximum Gasteiger partial charge on any atom is 0.243 e. The summed E-state index contributed by atoms with van der Waals surface area (Å²) < 4.78 is 18.7. The molecule has 0 aromatic heterocycles. The van der Waals surface area contributed by atoms with Gasteiger partial charge in [-0.1, -0.05) is 13.8 Å². The molecule has 1 rings (SSSR count). The van der Waals surface area contributed by atoms with Crippen LogP contribution in [0.15, 0.2) is 18.2 Å². The first kappa shape index (κ1) is 21.1. The number of halogens is 2. The fourth-order valence-electron chi connectivity index (χ4n) is 1.64. The first-order chi connectivity index (χ1) is 10.3. The molecule has 0 bridgehead atoms. The van der Waals surface area contributed by atoms with E-state index in [1.165, 1.54) is 12.1 Å². The average molecular weight is 348 g/mol. The molecule has 1 aromatic carbocycles. The van der Waals surface area contributed by atoms with Crippen molar-refractivity contribution >= 4 is 29.9 Å². The van der Waals surface area contributed by atoms with Crippen LogP contribution in [0.1, 0.15) is 20.8 Å². The molecule has 0 saturated heterocycles. The minimum Gasteiger partial charge on any atom is -0.491 e. The molecule has 8 heteroatoms. The van der Waals surface area contributed by atoms with Gasteiger partial charge in [0.2, 0.25) is 11.8 Å². The summed E-state index contributed by atoms with van der Waals surface area (Å²) in [5.74, 6) is -1.33. The molecule has 23 heavy (non-hydrogen) atoms. The molecule has 0 unspecified atom stereocenters. The van der Waals surface area contributed by atoms with Crippen molar-refractivity contribution in [3.63, 3.8) is 0 Å². The molecular formula is C15H23ClFN3O3. The summed E-state index contributed by atoms with van der Waals surface area (Å²) in [7, 11) is 0. The molecule has 0 aliphatic rings. The summed E-state index contributed by atoms with van der Waals surface area (Å²) in [6.07, 6.45) is 0. The van der Waals surface area contributed by atoms with Crippen LogP contribution in [0.4, 0.5) is 10.1 Å². The van der Waals surface area contributed by atoms with E-state index in [1.807, 2.05) is 13.8 Å². The summed E-state index contributed by atoms with van der Waals surface area (Å²) in [4.78, 5) is 23.3. The van der Waals surface area contributed by atoms with Crippen molar-refractivity contribution in [1.29, 1.82) is 0 Å². The number of benzene rings is 1. The summed E-state index contributed by atoms with van der Waals surface area (Å²) >= 11 is 0. The molecule has 0 heterocycles. The van der Waals surface area contributed by atoms with Crippen molar-refractivity contribution in [3.05, 3.63) is 24.0 Å². The van der Waals surface area contributed by atoms with Gasteiger partial charge >= 0.3 is 0 Å². The second kappa shape index (κ2) is 10.0. The van der Waals surface area contributed by atoms with Crippen LogP contribution in [0.2, 0.25) is 0 Å². The molecule has 2 amide bonds. The van der Waals surface area contributed by atoms with Crippen LogP contribution < -0.4 is 21.1 Å². The quantitative estimate of drug-likeness (QED) is 0.699. The van der Waals surface area contributed by atoms with Gasteiger partial charge in [0, 0.05) is 11.8 Å². The predicted molar refractivity (Wildman–Crippen MR) is 89.3 cm³/mol. The van der Waals surface area contributed by atoms with E-state index in [2.05, 4.69) is 10.6 Å². The smallest absolute Gasteiger partial charge is 0.243 e. The van der Waals surface area contributed by atoms with Gasteiger partial charge in [-0.15, -0.1) is 12.4 Å². The van der Waals surface area contributed by atoms with E-state index < -0.39 is 23.7 Å². The number of hydrogen-bond donors (Lipinski definition) is 3. The third kappa shape index (κ3) is 6.83.